The third-order valence-electron chi connectivity index (χ3n) is 3.78. The number of rotatable bonds is 7. The topological polar surface area (TPSA) is 87.7 Å². The molecule has 0 unspecified atom stereocenters. The number of nitrogens with zero attached hydrogens (tertiary/aromatic N) is 2. The minimum atomic E-state index is -3.56. The van der Waals surface area contributed by atoms with Crippen molar-refractivity contribution >= 4 is 10.0 Å². The molecule has 0 radical (unpaired) electrons. The summed E-state index contributed by atoms with van der Waals surface area (Å²) in [5, 5.41) is 6.88. The molecule has 3 aromatic rings. The molecule has 6 nitrogen and oxygen atoms in total. The average molecular weight is 374 g/mol. The summed E-state index contributed by atoms with van der Waals surface area (Å²) in [5.41, 5.74) is 1.66. The zero-order valence-corrected chi connectivity index (χ0v) is 15.1. The Morgan fingerprint density at radius 1 is 1.15 bits per heavy atom. The second-order valence-corrected chi connectivity index (χ2v) is 7.74. The minimum absolute atomic E-state index is 0.188. The van der Waals surface area contributed by atoms with Gasteiger partial charge in [0.2, 0.25) is 10.0 Å². The van der Waals surface area contributed by atoms with Gasteiger partial charge >= 0.3 is 0 Å². The molecule has 3 rings (SSSR count). The molecule has 0 aliphatic carbocycles. The molecule has 0 aliphatic heterocycles. The number of H-pyrrole nitrogens is 1. The fourth-order valence-corrected chi connectivity index (χ4v) is 3.67. The number of aromatic nitrogens is 3. The van der Waals surface area contributed by atoms with E-state index in [0.29, 0.717) is 24.5 Å². The van der Waals surface area contributed by atoms with Gasteiger partial charge in [-0.25, -0.2) is 22.5 Å². The Morgan fingerprint density at radius 3 is 2.73 bits per heavy atom. The van der Waals surface area contributed by atoms with E-state index in [1.807, 2.05) is 13.0 Å². The number of hydrogen-bond acceptors (Lipinski definition) is 4. The monoisotopic (exact) mass is 374 g/mol. The van der Waals surface area contributed by atoms with E-state index in [9.17, 15) is 12.8 Å². The van der Waals surface area contributed by atoms with E-state index in [-0.39, 0.29) is 17.3 Å². The maximum absolute atomic E-state index is 13.2. The van der Waals surface area contributed by atoms with Crippen LogP contribution in [0, 0.1) is 12.7 Å². The Hall–Kier alpha value is -2.58. The van der Waals surface area contributed by atoms with E-state index in [2.05, 4.69) is 19.9 Å². The minimum Gasteiger partial charge on any atom is -0.263 e. The number of benzene rings is 2. The van der Waals surface area contributed by atoms with Gasteiger partial charge in [0.1, 0.15) is 11.6 Å². The van der Waals surface area contributed by atoms with Gasteiger partial charge in [0.25, 0.3) is 0 Å². The van der Waals surface area contributed by atoms with Crippen molar-refractivity contribution in [1.29, 1.82) is 0 Å². The summed E-state index contributed by atoms with van der Waals surface area (Å²) in [7, 11) is -3.56. The highest BCUT2D eigenvalue weighted by atomic mass is 32.2. The van der Waals surface area contributed by atoms with Crippen LogP contribution in [0.4, 0.5) is 4.39 Å². The van der Waals surface area contributed by atoms with Crippen LogP contribution in [0.15, 0.2) is 53.4 Å². The van der Waals surface area contributed by atoms with E-state index in [1.165, 1.54) is 12.1 Å². The molecule has 2 N–H and O–H groups in total. The first-order valence-electron chi connectivity index (χ1n) is 8.13. The van der Waals surface area contributed by atoms with Gasteiger partial charge < -0.3 is 0 Å². The normalized spacial score (nSPS) is 11.6. The van der Waals surface area contributed by atoms with Crippen molar-refractivity contribution in [2.24, 2.45) is 0 Å². The second-order valence-electron chi connectivity index (χ2n) is 5.97. The van der Waals surface area contributed by atoms with E-state index in [0.717, 1.165) is 11.1 Å². The lowest BCUT2D eigenvalue weighted by Gasteiger charge is -2.06. The van der Waals surface area contributed by atoms with Crippen LogP contribution in [0.5, 0.6) is 0 Å². The van der Waals surface area contributed by atoms with Crippen LogP contribution in [0.1, 0.15) is 22.8 Å². The average Bonchev–Trinajstić information content (AvgIpc) is 3.02. The van der Waals surface area contributed by atoms with Gasteiger partial charge in [-0.2, -0.15) is 5.10 Å². The van der Waals surface area contributed by atoms with Gasteiger partial charge in [-0.05, 0) is 42.3 Å². The van der Waals surface area contributed by atoms with Crippen molar-refractivity contribution < 1.29 is 12.8 Å². The smallest absolute Gasteiger partial charge is 0.240 e. The fraction of sp³-hybridized carbons (Fsp3) is 0.222. The highest BCUT2D eigenvalue weighted by Crippen LogP contribution is 2.11. The molecule has 0 saturated heterocycles. The molecule has 2 aromatic carbocycles. The second kappa shape index (κ2) is 7.76. The van der Waals surface area contributed by atoms with E-state index in [4.69, 9.17) is 0 Å². The van der Waals surface area contributed by atoms with E-state index in [1.54, 1.807) is 30.3 Å². The molecule has 1 aromatic heterocycles. The summed E-state index contributed by atoms with van der Waals surface area (Å²) in [6.07, 6.45) is 0.782. The predicted octanol–water partition coefficient (Wildman–Crippen LogP) is 2.36. The molecule has 26 heavy (non-hydrogen) atoms. The molecule has 0 saturated carbocycles. The maximum atomic E-state index is 13.2. The van der Waals surface area contributed by atoms with Gasteiger partial charge in [0.05, 0.1) is 4.90 Å². The Kier molecular flexibility index (Phi) is 5.43. The summed E-state index contributed by atoms with van der Waals surface area (Å²) >= 11 is 0. The van der Waals surface area contributed by atoms with Crippen LogP contribution in [-0.2, 0) is 22.9 Å². The highest BCUT2D eigenvalue weighted by Gasteiger charge is 2.14. The molecule has 0 aliphatic rings. The van der Waals surface area contributed by atoms with Crippen molar-refractivity contribution in [1.82, 2.24) is 19.9 Å². The predicted molar refractivity (Wildman–Crippen MR) is 95.7 cm³/mol. The van der Waals surface area contributed by atoms with Crippen molar-refractivity contribution in [3.8, 4) is 0 Å². The summed E-state index contributed by atoms with van der Waals surface area (Å²) in [4.78, 5) is 4.55. The summed E-state index contributed by atoms with van der Waals surface area (Å²) in [6.45, 7) is 2.03. The maximum Gasteiger partial charge on any atom is 0.240 e. The molecule has 8 heteroatoms. The Labute approximate surface area is 151 Å². The van der Waals surface area contributed by atoms with Crippen LogP contribution < -0.4 is 4.72 Å². The number of halogens is 1. The van der Waals surface area contributed by atoms with Crippen LogP contribution in [0.2, 0.25) is 0 Å². The SMILES string of the molecule is Cc1cccc(S(=O)(=O)NCCc2n[nH]c(Cc3cccc(F)c3)n2)c1. The van der Waals surface area contributed by atoms with Crippen LogP contribution >= 0.6 is 0 Å². The molecule has 0 fully saturated rings. The number of hydrogen-bond donors (Lipinski definition) is 2. The zero-order valence-electron chi connectivity index (χ0n) is 14.2. The van der Waals surface area contributed by atoms with Crippen LogP contribution in [0.3, 0.4) is 0 Å². The Bertz CT molecular complexity index is 1000. The lowest BCUT2D eigenvalue weighted by Crippen LogP contribution is -2.26. The molecule has 0 atom stereocenters. The molecule has 0 spiro atoms. The van der Waals surface area contributed by atoms with Crippen molar-refractivity contribution in [2.75, 3.05) is 6.54 Å². The first-order valence-corrected chi connectivity index (χ1v) is 9.62. The number of aryl methyl sites for hydroxylation is 1. The lowest BCUT2D eigenvalue weighted by atomic mass is 10.1. The molecule has 0 bridgehead atoms. The van der Waals surface area contributed by atoms with Crippen LogP contribution in [0.25, 0.3) is 0 Å². The van der Waals surface area contributed by atoms with Crippen LogP contribution in [-0.4, -0.2) is 30.1 Å². The number of nitrogens with one attached hydrogen (secondary N) is 2. The highest BCUT2D eigenvalue weighted by molar-refractivity contribution is 7.89. The lowest BCUT2D eigenvalue weighted by molar-refractivity contribution is 0.581. The summed E-state index contributed by atoms with van der Waals surface area (Å²) in [6, 6.07) is 13.0. The first-order chi connectivity index (χ1) is 12.4. The first kappa shape index (κ1) is 18.2. The number of sulfonamides is 1. The van der Waals surface area contributed by atoms with E-state index >= 15 is 0 Å². The standard InChI is InChI=1S/C18H19FN4O2S/c1-13-4-2-7-16(10-13)26(24,25)20-9-8-17-21-18(23-22-17)12-14-5-3-6-15(19)11-14/h2-7,10-11,20H,8-9,12H2,1H3,(H,21,22,23). The van der Waals surface area contributed by atoms with Gasteiger partial charge in [-0.15, -0.1) is 0 Å². The zero-order chi connectivity index (χ0) is 18.6. The fourth-order valence-electron chi connectivity index (χ4n) is 2.53. The molecule has 0 amide bonds. The Balaban J connectivity index is 1.56. The number of aromatic amines is 1. The summed E-state index contributed by atoms with van der Waals surface area (Å²) in [5.74, 6) is 0.809. The van der Waals surface area contributed by atoms with Gasteiger partial charge in [-0.1, -0.05) is 24.3 Å². The Morgan fingerprint density at radius 2 is 1.96 bits per heavy atom. The third kappa shape index (κ3) is 4.74. The van der Waals surface area contributed by atoms with Gasteiger partial charge in [0.15, 0.2) is 5.82 Å². The molecular formula is C18H19FN4O2S. The van der Waals surface area contributed by atoms with Crippen molar-refractivity contribution in [3.05, 3.63) is 77.1 Å². The molecule has 136 valence electrons. The quantitative estimate of drug-likeness (QED) is 0.665. The van der Waals surface area contributed by atoms with Gasteiger partial charge in [-0.3, -0.25) is 5.10 Å². The molecular weight excluding hydrogens is 355 g/mol. The summed E-state index contributed by atoms with van der Waals surface area (Å²) < 4.78 is 40.3. The largest absolute Gasteiger partial charge is 0.263 e. The molecule has 1 heterocycles. The van der Waals surface area contributed by atoms with Crippen molar-refractivity contribution in [2.45, 2.75) is 24.7 Å². The third-order valence-corrected chi connectivity index (χ3v) is 5.24. The van der Waals surface area contributed by atoms with E-state index < -0.39 is 10.0 Å². The van der Waals surface area contributed by atoms with Crippen molar-refractivity contribution in [3.63, 3.8) is 0 Å². The van der Waals surface area contributed by atoms with Gasteiger partial charge in [0, 0.05) is 19.4 Å².